The van der Waals surface area contributed by atoms with Crippen LogP contribution in [0.25, 0.3) is 0 Å². The van der Waals surface area contributed by atoms with Gasteiger partial charge in [0.1, 0.15) is 12.3 Å². The largest absolute Gasteiger partial charge is 0.478 e. The first-order valence-corrected chi connectivity index (χ1v) is 9.90. The maximum absolute atomic E-state index is 13.1. The quantitative estimate of drug-likeness (QED) is 0.691. The van der Waals surface area contributed by atoms with Crippen molar-refractivity contribution in [2.24, 2.45) is 5.41 Å². The van der Waals surface area contributed by atoms with Gasteiger partial charge < -0.3 is 15.2 Å². The molecule has 1 aromatic heterocycles. The molecule has 176 valence electrons. The van der Waals surface area contributed by atoms with Crippen LogP contribution in [0.5, 0.6) is 0 Å². The average molecular weight is 465 g/mol. The number of carboxylic acids is 1. The summed E-state index contributed by atoms with van der Waals surface area (Å²) < 4.78 is 44.6. The van der Waals surface area contributed by atoms with E-state index in [1.54, 1.807) is 26.8 Å². The van der Waals surface area contributed by atoms with Crippen LogP contribution in [0, 0.1) is 5.41 Å². The predicted molar refractivity (Wildman–Crippen MR) is 110 cm³/mol. The highest BCUT2D eigenvalue weighted by molar-refractivity contribution is 5.95. The molecule has 1 aromatic carbocycles. The Morgan fingerprint density at radius 1 is 1.12 bits per heavy atom. The number of pyridine rings is 1. The summed E-state index contributed by atoms with van der Waals surface area (Å²) in [5, 5.41) is 11.5. The van der Waals surface area contributed by atoms with E-state index >= 15 is 0 Å². The molecule has 1 aliphatic heterocycles. The second-order valence-corrected chi connectivity index (χ2v) is 8.62. The Hall–Kier alpha value is -3.63. The molecule has 0 saturated carbocycles. The van der Waals surface area contributed by atoms with Gasteiger partial charge in [0, 0.05) is 24.7 Å². The zero-order valence-corrected chi connectivity index (χ0v) is 18.1. The summed E-state index contributed by atoms with van der Waals surface area (Å²) in [6, 6.07) is 5.28. The number of carbonyl (C=O) groups is 3. The Bertz CT molecular complexity index is 1110. The average Bonchev–Trinajstić information content (AvgIpc) is 3.14. The lowest BCUT2D eigenvalue weighted by Crippen LogP contribution is -2.29. The first kappa shape index (κ1) is 24.0. The van der Waals surface area contributed by atoms with E-state index in [4.69, 9.17) is 9.84 Å². The highest BCUT2D eigenvalue weighted by Crippen LogP contribution is 2.32. The fourth-order valence-electron chi connectivity index (χ4n) is 3.06. The molecule has 0 saturated heterocycles. The summed E-state index contributed by atoms with van der Waals surface area (Å²) in [7, 11) is 0. The van der Waals surface area contributed by atoms with E-state index in [9.17, 15) is 27.6 Å². The molecule has 0 aliphatic carbocycles. The first-order valence-electron chi connectivity index (χ1n) is 9.90. The Morgan fingerprint density at radius 3 is 2.39 bits per heavy atom. The molecule has 8 nitrogen and oxygen atoms in total. The second kappa shape index (κ2) is 8.72. The fourth-order valence-corrected chi connectivity index (χ4v) is 3.06. The summed E-state index contributed by atoms with van der Waals surface area (Å²) in [6.45, 7) is 4.66. The maximum atomic E-state index is 13.1. The van der Waals surface area contributed by atoms with Gasteiger partial charge in [0.05, 0.1) is 16.8 Å². The summed E-state index contributed by atoms with van der Waals surface area (Å²) in [4.78, 5) is 41.0. The van der Waals surface area contributed by atoms with Gasteiger partial charge in [-0.05, 0) is 29.3 Å². The van der Waals surface area contributed by atoms with E-state index in [0.29, 0.717) is 11.8 Å². The lowest BCUT2D eigenvalue weighted by atomic mass is 9.95. The molecule has 0 unspecified atom stereocenters. The number of amides is 2. The molecule has 0 radical (unpaired) electrons. The van der Waals surface area contributed by atoms with E-state index < -0.39 is 41.7 Å². The van der Waals surface area contributed by atoms with Gasteiger partial charge in [-0.3, -0.25) is 14.7 Å². The monoisotopic (exact) mass is 465 g/mol. The van der Waals surface area contributed by atoms with E-state index in [0.717, 1.165) is 11.6 Å². The van der Waals surface area contributed by atoms with Gasteiger partial charge in [0.15, 0.2) is 0 Å². The number of carboxylic acid groups (broad SMARTS) is 1. The topological polar surface area (TPSA) is 109 Å². The number of hydrogen-bond acceptors (Lipinski definition) is 5. The molecule has 0 spiro atoms. The number of rotatable bonds is 4. The minimum Gasteiger partial charge on any atom is -0.478 e. The molecule has 1 aliphatic rings. The number of aromatic nitrogens is 1. The standard InChI is InChI=1S/C22H22F3N3O5/c1-21(2,3)19(31)27-16-7-15(22(23,24)25)8-26-17(16)11-33-20(32)28-9-13-5-4-12(18(29)30)6-14(13)10-28/h4-8H,9-11H2,1-3H3,(H,27,31)(H,29,30). The molecule has 2 aromatic rings. The number of alkyl halides is 3. The Labute approximate surface area is 187 Å². The lowest BCUT2D eigenvalue weighted by molar-refractivity contribution is -0.137. The van der Waals surface area contributed by atoms with Crippen LogP contribution < -0.4 is 5.32 Å². The lowest BCUT2D eigenvalue weighted by Gasteiger charge is -2.20. The zero-order chi connectivity index (χ0) is 24.6. The smallest absolute Gasteiger partial charge is 0.417 e. The molecule has 11 heteroatoms. The minimum atomic E-state index is -4.67. The summed E-state index contributed by atoms with van der Waals surface area (Å²) in [5.74, 6) is -1.61. The molecule has 3 rings (SSSR count). The van der Waals surface area contributed by atoms with Gasteiger partial charge in [-0.15, -0.1) is 0 Å². The summed E-state index contributed by atoms with van der Waals surface area (Å²) >= 11 is 0. The van der Waals surface area contributed by atoms with Crippen LogP contribution >= 0.6 is 0 Å². The van der Waals surface area contributed by atoms with E-state index in [1.165, 1.54) is 17.0 Å². The van der Waals surface area contributed by atoms with Crippen molar-refractivity contribution in [3.63, 3.8) is 0 Å². The van der Waals surface area contributed by atoms with Gasteiger partial charge >= 0.3 is 18.2 Å². The van der Waals surface area contributed by atoms with Gasteiger partial charge in [-0.1, -0.05) is 26.8 Å². The highest BCUT2D eigenvalue weighted by atomic mass is 19.4. The SMILES string of the molecule is CC(C)(C)C(=O)Nc1cc(C(F)(F)F)cnc1COC(=O)N1Cc2ccc(C(=O)O)cc2C1. The number of halogens is 3. The molecular formula is C22H22F3N3O5. The van der Waals surface area contributed by atoms with Crippen molar-refractivity contribution in [3.8, 4) is 0 Å². The number of carbonyl (C=O) groups excluding carboxylic acids is 2. The molecular weight excluding hydrogens is 443 g/mol. The third-order valence-electron chi connectivity index (χ3n) is 4.99. The molecule has 2 heterocycles. The third-order valence-corrected chi connectivity index (χ3v) is 4.99. The number of nitrogens with one attached hydrogen (secondary N) is 1. The molecule has 33 heavy (non-hydrogen) atoms. The third kappa shape index (κ3) is 5.60. The predicted octanol–water partition coefficient (Wildman–Crippen LogP) is 4.44. The van der Waals surface area contributed by atoms with Crippen LogP contribution in [0.3, 0.4) is 0 Å². The molecule has 2 N–H and O–H groups in total. The molecule has 0 bridgehead atoms. The van der Waals surface area contributed by atoms with Gasteiger partial charge in [-0.2, -0.15) is 13.2 Å². The number of aromatic carboxylic acids is 1. The van der Waals surface area contributed by atoms with Crippen molar-refractivity contribution in [2.45, 2.75) is 46.6 Å². The minimum absolute atomic E-state index is 0.0428. The van der Waals surface area contributed by atoms with Gasteiger partial charge in [0.2, 0.25) is 5.91 Å². The van der Waals surface area contributed by atoms with E-state index in [-0.39, 0.29) is 30.0 Å². The maximum Gasteiger partial charge on any atom is 0.417 e. The molecule has 0 fully saturated rings. The summed E-state index contributed by atoms with van der Waals surface area (Å²) in [6.07, 6.45) is -4.81. The molecule has 2 amide bonds. The normalized spacial score (nSPS) is 13.5. The van der Waals surface area contributed by atoms with Crippen molar-refractivity contribution in [1.29, 1.82) is 0 Å². The van der Waals surface area contributed by atoms with Crippen LogP contribution in [0.2, 0.25) is 0 Å². The Balaban J connectivity index is 1.74. The summed E-state index contributed by atoms with van der Waals surface area (Å²) in [5.41, 5.74) is -0.645. The van der Waals surface area contributed by atoms with Crippen LogP contribution in [0.4, 0.5) is 23.7 Å². The first-order chi connectivity index (χ1) is 15.3. The van der Waals surface area contributed by atoms with Crippen LogP contribution in [-0.4, -0.2) is 33.0 Å². The molecule has 0 atom stereocenters. The zero-order valence-electron chi connectivity index (χ0n) is 18.1. The number of hydrogen-bond donors (Lipinski definition) is 2. The number of nitrogens with zero attached hydrogens (tertiary/aromatic N) is 2. The van der Waals surface area contributed by atoms with Crippen LogP contribution in [0.15, 0.2) is 30.5 Å². The van der Waals surface area contributed by atoms with Crippen LogP contribution in [0.1, 0.15) is 53.5 Å². The van der Waals surface area contributed by atoms with Gasteiger partial charge in [-0.25, -0.2) is 9.59 Å². The number of fused-ring (bicyclic) bond motifs is 1. The number of ether oxygens (including phenoxy) is 1. The number of benzene rings is 1. The van der Waals surface area contributed by atoms with Crippen molar-refractivity contribution in [2.75, 3.05) is 5.32 Å². The van der Waals surface area contributed by atoms with E-state index in [1.807, 2.05) is 0 Å². The van der Waals surface area contributed by atoms with Crippen molar-refractivity contribution >= 4 is 23.7 Å². The Morgan fingerprint density at radius 2 is 1.79 bits per heavy atom. The fraction of sp³-hybridized carbons (Fsp3) is 0.364. The van der Waals surface area contributed by atoms with Gasteiger partial charge in [0.25, 0.3) is 0 Å². The number of anilines is 1. The van der Waals surface area contributed by atoms with Crippen molar-refractivity contribution < 1.29 is 37.4 Å². The van der Waals surface area contributed by atoms with Crippen molar-refractivity contribution in [3.05, 3.63) is 58.4 Å². The van der Waals surface area contributed by atoms with E-state index in [2.05, 4.69) is 10.3 Å². The van der Waals surface area contributed by atoms with Crippen LogP contribution in [-0.2, 0) is 35.4 Å². The second-order valence-electron chi connectivity index (χ2n) is 8.62. The highest BCUT2D eigenvalue weighted by Gasteiger charge is 2.33. The van der Waals surface area contributed by atoms with Crippen molar-refractivity contribution in [1.82, 2.24) is 9.88 Å². The Kier molecular flexibility index (Phi) is 6.35.